The molecule has 0 bridgehead atoms. The average molecular weight is 247 g/mol. The lowest BCUT2D eigenvalue weighted by Crippen LogP contribution is -2.59. The molecule has 1 aliphatic carbocycles. The van der Waals surface area contributed by atoms with E-state index in [1.807, 2.05) is 0 Å². The van der Waals surface area contributed by atoms with E-state index in [1.54, 1.807) is 0 Å². The summed E-state index contributed by atoms with van der Waals surface area (Å²) in [5.74, 6) is 0. The van der Waals surface area contributed by atoms with E-state index >= 15 is 0 Å². The molecule has 1 aliphatic heterocycles. The normalized spacial score (nSPS) is 26.9. The van der Waals surface area contributed by atoms with Crippen LogP contribution in [-0.2, 0) is 10.0 Å². The van der Waals surface area contributed by atoms with Crippen LogP contribution in [0.15, 0.2) is 0 Å². The number of sulfonamides is 1. The number of nitrogens with one attached hydrogen (secondary N) is 1. The van der Waals surface area contributed by atoms with Crippen molar-refractivity contribution in [2.24, 2.45) is 5.73 Å². The van der Waals surface area contributed by atoms with Crippen LogP contribution in [0.1, 0.15) is 25.7 Å². The number of likely N-dealkylation sites (tertiary alicyclic amines) is 1. The maximum atomic E-state index is 11.9. The fourth-order valence-electron chi connectivity index (χ4n) is 2.16. The van der Waals surface area contributed by atoms with E-state index in [4.69, 9.17) is 5.73 Å². The fraction of sp³-hybridized carbons (Fsp3) is 1.00. The standard InChI is InChI=1S/C10H21N3O2S/c1-13-6-4-10(8-11,5-7-13)12-16(14,15)9-2-3-9/h9,12H,2-8,11H2,1H3. The van der Waals surface area contributed by atoms with Crippen molar-refractivity contribution >= 4 is 10.0 Å². The van der Waals surface area contributed by atoms with Crippen molar-refractivity contribution in [1.29, 1.82) is 0 Å². The highest BCUT2D eigenvalue weighted by Crippen LogP contribution is 2.30. The number of piperidine rings is 1. The molecular formula is C10H21N3O2S. The molecule has 0 aromatic heterocycles. The molecular weight excluding hydrogens is 226 g/mol. The summed E-state index contributed by atoms with van der Waals surface area (Å²) in [4.78, 5) is 2.21. The molecule has 1 heterocycles. The third-order valence-electron chi connectivity index (χ3n) is 3.66. The second-order valence-corrected chi connectivity index (χ2v) is 7.09. The summed E-state index contributed by atoms with van der Waals surface area (Å²) in [6.07, 6.45) is 3.23. The summed E-state index contributed by atoms with van der Waals surface area (Å²) in [6, 6.07) is 0. The van der Waals surface area contributed by atoms with Gasteiger partial charge in [0.2, 0.25) is 10.0 Å². The zero-order chi connectivity index (χ0) is 11.8. The van der Waals surface area contributed by atoms with E-state index < -0.39 is 15.6 Å². The number of hydrogen-bond donors (Lipinski definition) is 2. The van der Waals surface area contributed by atoms with E-state index in [2.05, 4.69) is 16.7 Å². The van der Waals surface area contributed by atoms with Crippen LogP contribution in [0.3, 0.4) is 0 Å². The lowest BCUT2D eigenvalue weighted by atomic mass is 9.89. The fourth-order valence-corrected chi connectivity index (χ4v) is 3.97. The van der Waals surface area contributed by atoms with E-state index in [0.717, 1.165) is 38.8 Å². The predicted octanol–water partition coefficient (Wildman–Crippen LogP) is -0.509. The van der Waals surface area contributed by atoms with E-state index in [-0.39, 0.29) is 5.25 Å². The van der Waals surface area contributed by atoms with E-state index in [9.17, 15) is 8.42 Å². The topological polar surface area (TPSA) is 75.4 Å². The Morgan fingerprint density at radius 1 is 1.38 bits per heavy atom. The number of rotatable bonds is 4. The minimum absolute atomic E-state index is 0.157. The van der Waals surface area contributed by atoms with Crippen molar-refractivity contribution in [2.75, 3.05) is 26.7 Å². The van der Waals surface area contributed by atoms with Crippen LogP contribution < -0.4 is 10.5 Å². The molecule has 3 N–H and O–H groups in total. The molecule has 1 saturated heterocycles. The van der Waals surface area contributed by atoms with Crippen molar-refractivity contribution in [3.05, 3.63) is 0 Å². The number of nitrogens with zero attached hydrogens (tertiary/aromatic N) is 1. The highest BCUT2D eigenvalue weighted by molar-refractivity contribution is 7.90. The quantitative estimate of drug-likeness (QED) is 0.702. The van der Waals surface area contributed by atoms with E-state index in [0.29, 0.717) is 6.54 Å². The van der Waals surface area contributed by atoms with Gasteiger partial charge in [0, 0.05) is 12.1 Å². The molecule has 2 aliphatic rings. The molecule has 94 valence electrons. The Morgan fingerprint density at radius 3 is 2.38 bits per heavy atom. The minimum atomic E-state index is -3.12. The van der Waals surface area contributed by atoms with Gasteiger partial charge in [-0.15, -0.1) is 0 Å². The molecule has 1 saturated carbocycles. The third-order valence-corrected chi connectivity index (χ3v) is 5.72. The summed E-state index contributed by atoms with van der Waals surface area (Å²) < 4.78 is 26.7. The van der Waals surface area contributed by atoms with Gasteiger partial charge in [0.1, 0.15) is 0 Å². The Balaban J connectivity index is 2.04. The summed E-state index contributed by atoms with van der Waals surface area (Å²) in [6.45, 7) is 2.21. The molecule has 0 aromatic rings. The van der Waals surface area contributed by atoms with Crippen LogP contribution >= 0.6 is 0 Å². The van der Waals surface area contributed by atoms with Gasteiger partial charge >= 0.3 is 0 Å². The Labute approximate surface area is 97.4 Å². The zero-order valence-electron chi connectivity index (χ0n) is 9.78. The molecule has 2 rings (SSSR count). The van der Waals surface area contributed by atoms with Gasteiger partial charge in [0.15, 0.2) is 0 Å². The average Bonchev–Trinajstić information content (AvgIpc) is 3.05. The van der Waals surface area contributed by atoms with Crippen LogP contribution in [0.4, 0.5) is 0 Å². The SMILES string of the molecule is CN1CCC(CN)(NS(=O)(=O)C2CC2)CC1. The third kappa shape index (κ3) is 2.56. The Kier molecular flexibility index (Phi) is 3.27. The molecule has 0 spiro atoms. The predicted molar refractivity (Wildman–Crippen MR) is 63.6 cm³/mol. The highest BCUT2D eigenvalue weighted by Gasteiger charge is 2.42. The maximum Gasteiger partial charge on any atom is 0.215 e. The summed E-state index contributed by atoms with van der Waals surface area (Å²) in [5.41, 5.74) is 5.37. The van der Waals surface area contributed by atoms with Crippen LogP contribution in [0.5, 0.6) is 0 Å². The van der Waals surface area contributed by atoms with Crippen molar-refractivity contribution in [3.63, 3.8) is 0 Å². The van der Waals surface area contributed by atoms with Crippen LogP contribution in [-0.4, -0.2) is 50.8 Å². The summed E-state index contributed by atoms with van der Waals surface area (Å²) in [5, 5.41) is -0.157. The number of hydrogen-bond acceptors (Lipinski definition) is 4. The Hall–Kier alpha value is -0.170. The Morgan fingerprint density at radius 2 is 1.94 bits per heavy atom. The second-order valence-electron chi connectivity index (χ2n) is 5.13. The first-order chi connectivity index (χ1) is 7.47. The summed E-state index contributed by atoms with van der Waals surface area (Å²) in [7, 11) is -1.07. The van der Waals surface area contributed by atoms with Crippen molar-refractivity contribution in [1.82, 2.24) is 9.62 Å². The lowest BCUT2D eigenvalue weighted by molar-refractivity contribution is 0.182. The van der Waals surface area contributed by atoms with Crippen LogP contribution in [0, 0.1) is 0 Å². The molecule has 2 fully saturated rings. The van der Waals surface area contributed by atoms with Crippen molar-refractivity contribution in [3.8, 4) is 0 Å². The minimum Gasteiger partial charge on any atom is -0.329 e. The van der Waals surface area contributed by atoms with Gasteiger partial charge in [-0.05, 0) is 45.8 Å². The largest absolute Gasteiger partial charge is 0.329 e. The van der Waals surface area contributed by atoms with E-state index in [1.165, 1.54) is 0 Å². The van der Waals surface area contributed by atoms with Gasteiger partial charge in [-0.2, -0.15) is 0 Å². The Bertz CT molecular complexity index is 343. The first-order valence-corrected chi connectivity index (χ1v) is 7.43. The second kappa shape index (κ2) is 4.25. The lowest BCUT2D eigenvalue weighted by Gasteiger charge is -2.40. The smallest absolute Gasteiger partial charge is 0.215 e. The highest BCUT2D eigenvalue weighted by atomic mass is 32.2. The molecule has 0 atom stereocenters. The zero-order valence-corrected chi connectivity index (χ0v) is 10.6. The summed E-state index contributed by atoms with van der Waals surface area (Å²) >= 11 is 0. The molecule has 6 heteroatoms. The molecule has 16 heavy (non-hydrogen) atoms. The first-order valence-electron chi connectivity index (χ1n) is 5.89. The van der Waals surface area contributed by atoms with Gasteiger partial charge in [-0.1, -0.05) is 0 Å². The monoisotopic (exact) mass is 247 g/mol. The molecule has 0 unspecified atom stereocenters. The maximum absolute atomic E-state index is 11.9. The van der Waals surface area contributed by atoms with Crippen LogP contribution in [0.2, 0.25) is 0 Å². The molecule has 0 amide bonds. The molecule has 0 radical (unpaired) electrons. The first kappa shape index (κ1) is 12.3. The molecule has 5 nitrogen and oxygen atoms in total. The van der Waals surface area contributed by atoms with Crippen molar-refractivity contribution < 1.29 is 8.42 Å². The van der Waals surface area contributed by atoms with Crippen LogP contribution in [0.25, 0.3) is 0 Å². The van der Waals surface area contributed by atoms with Gasteiger partial charge in [0.05, 0.1) is 5.25 Å². The van der Waals surface area contributed by atoms with Gasteiger partial charge in [-0.3, -0.25) is 0 Å². The van der Waals surface area contributed by atoms with Gasteiger partial charge in [-0.25, -0.2) is 13.1 Å². The van der Waals surface area contributed by atoms with Gasteiger partial charge in [0.25, 0.3) is 0 Å². The van der Waals surface area contributed by atoms with Gasteiger partial charge < -0.3 is 10.6 Å². The number of nitrogens with two attached hydrogens (primary N) is 1. The molecule has 0 aromatic carbocycles. The van der Waals surface area contributed by atoms with Crippen molar-refractivity contribution in [2.45, 2.75) is 36.5 Å².